The van der Waals surface area contributed by atoms with Crippen molar-refractivity contribution in [1.82, 2.24) is 10.2 Å². The van der Waals surface area contributed by atoms with Gasteiger partial charge in [0.2, 0.25) is 5.79 Å². The smallest absolute Gasteiger partial charge is 0.251 e. The molecule has 2 fully saturated rings. The highest BCUT2D eigenvalue weighted by Crippen LogP contribution is 2.40. The third-order valence-corrected chi connectivity index (χ3v) is 7.16. The Kier molecular flexibility index (Phi) is 5.93. The summed E-state index contributed by atoms with van der Waals surface area (Å²) in [6, 6.07) is 14.5. The number of fused-ring (bicyclic) bond motifs is 1. The highest BCUT2D eigenvalue weighted by molar-refractivity contribution is 5.94. The Morgan fingerprint density at radius 2 is 1.82 bits per heavy atom. The van der Waals surface area contributed by atoms with Gasteiger partial charge in [-0.1, -0.05) is 24.6 Å². The van der Waals surface area contributed by atoms with Gasteiger partial charge in [-0.05, 0) is 62.1 Å². The second-order valence-electron chi connectivity index (χ2n) is 10.3. The number of rotatable bonds is 5. The third kappa shape index (κ3) is 4.93. The molecule has 1 aliphatic carbocycles. The molecule has 33 heavy (non-hydrogen) atoms. The van der Waals surface area contributed by atoms with Gasteiger partial charge in [0.05, 0.1) is 12.2 Å². The predicted molar refractivity (Wildman–Crippen MR) is 127 cm³/mol. The summed E-state index contributed by atoms with van der Waals surface area (Å²) >= 11 is 0. The predicted octanol–water partition coefficient (Wildman–Crippen LogP) is 4.11. The van der Waals surface area contributed by atoms with E-state index in [0.29, 0.717) is 12.2 Å². The molecule has 1 saturated carbocycles. The number of hydrogen-bond donors (Lipinski definition) is 2. The number of carbonyl (C=O) groups excluding carboxylic acids is 1. The standard InChI is InChI=1S/C27H34N2O4/c1-26(2,31)18-28-25(30)20-8-6-19(7-9-20)21-10-11-24-22(16-21)17-32-27(33-24)12-14-29(15-13-27)23-4-3-5-23/h6-11,16,23,31H,3-5,12-15,17-18H2,1-2H3,(H,28,30). The number of piperidine rings is 1. The molecule has 0 atom stereocenters. The monoisotopic (exact) mass is 450 g/mol. The molecule has 2 aliphatic heterocycles. The number of carbonyl (C=O) groups is 1. The highest BCUT2D eigenvalue weighted by atomic mass is 16.7. The van der Waals surface area contributed by atoms with E-state index in [1.807, 2.05) is 24.3 Å². The van der Waals surface area contributed by atoms with E-state index >= 15 is 0 Å². The summed E-state index contributed by atoms with van der Waals surface area (Å²) in [6.07, 6.45) is 5.88. The highest BCUT2D eigenvalue weighted by Gasteiger charge is 2.42. The molecule has 2 aromatic rings. The van der Waals surface area contributed by atoms with Crippen molar-refractivity contribution in [3.8, 4) is 16.9 Å². The number of hydrogen-bond acceptors (Lipinski definition) is 5. The first-order valence-corrected chi connectivity index (χ1v) is 12.1. The van der Waals surface area contributed by atoms with Crippen LogP contribution >= 0.6 is 0 Å². The second kappa shape index (κ2) is 8.75. The minimum absolute atomic E-state index is 0.190. The van der Waals surface area contributed by atoms with Crippen molar-refractivity contribution in [2.24, 2.45) is 0 Å². The van der Waals surface area contributed by atoms with Gasteiger partial charge in [-0.15, -0.1) is 0 Å². The number of likely N-dealkylation sites (tertiary alicyclic amines) is 1. The summed E-state index contributed by atoms with van der Waals surface area (Å²) in [5.74, 6) is 0.252. The largest absolute Gasteiger partial charge is 0.462 e. The van der Waals surface area contributed by atoms with Crippen molar-refractivity contribution < 1.29 is 19.4 Å². The average molecular weight is 451 g/mol. The first-order valence-electron chi connectivity index (χ1n) is 12.1. The topological polar surface area (TPSA) is 71.0 Å². The van der Waals surface area contributed by atoms with Crippen LogP contribution in [-0.4, -0.2) is 53.0 Å². The van der Waals surface area contributed by atoms with Crippen molar-refractivity contribution >= 4 is 5.91 Å². The number of benzene rings is 2. The van der Waals surface area contributed by atoms with Gasteiger partial charge in [0.1, 0.15) is 5.75 Å². The number of nitrogens with zero attached hydrogens (tertiary/aromatic N) is 1. The molecule has 1 saturated heterocycles. The maximum absolute atomic E-state index is 12.3. The van der Waals surface area contributed by atoms with Crippen LogP contribution in [0.5, 0.6) is 5.75 Å². The number of nitrogens with one attached hydrogen (secondary N) is 1. The lowest BCUT2D eigenvalue weighted by Gasteiger charge is -2.47. The lowest BCUT2D eigenvalue weighted by molar-refractivity contribution is -0.231. The maximum atomic E-state index is 12.3. The molecule has 0 radical (unpaired) electrons. The minimum atomic E-state index is -0.935. The van der Waals surface area contributed by atoms with Crippen molar-refractivity contribution in [2.75, 3.05) is 19.6 Å². The average Bonchev–Trinajstić information content (AvgIpc) is 2.77. The molecule has 3 aliphatic rings. The fourth-order valence-corrected chi connectivity index (χ4v) is 4.85. The SMILES string of the molecule is CC(C)(O)CNC(=O)c1ccc(-c2ccc3c(c2)COC2(CCN(C4CCC4)CC2)O3)cc1. The van der Waals surface area contributed by atoms with E-state index in [9.17, 15) is 9.90 Å². The molecule has 6 heteroatoms. The maximum Gasteiger partial charge on any atom is 0.251 e. The quantitative estimate of drug-likeness (QED) is 0.718. The van der Waals surface area contributed by atoms with Crippen molar-refractivity contribution in [1.29, 1.82) is 0 Å². The Balaban J connectivity index is 1.23. The molecule has 1 spiro atoms. The zero-order chi connectivity index (χ0) is 23.1. The van der Waals surface area contributed by atoms with Crippen LogP contribution in [0.1, 0.15) is 61.9 Å². The Bertz CT molecular complexity index is 1000. The molecule has 1 amide bonds. The van der Waals surface area contributed by atoms with E-state index in [1.165, 1.54) is 19.3 Å². The molecule has 6 nitrogen and oxygen atoms in total. The molecule has 0 bridgehead atoms. The molecule has 176 valence electrons. The molecule has 2 aromatic carbocycles. The van der Waals surface area contributed by atoms with Gasteiger partial charge >= 0.3 is 0 Å². The molecule has 0 unspecified atom stereocenters. The van der Waals surface area contributed by atoms with Gasteiger partial charge in [-0.25, -0.2) is 0 Å². The first kappa shape index (κ1) is 22.4. The molecule has 0 aromatic heterocycles. The van der Waals surface area contributed by atoms with E-state index in [2.05, 4.69) is 28.4 Å². The first-order chi connectivity index (χ1) is 15.8. The molecule has 5 rings (SSSR count). The Morgan fingerprint density at radius 1 is 1.12 bits per heavy atom. The minimum Gasteiger partial charge on any atom is -0.462 e. The fourth-order valence-electron chi connectivity index (χ4n) is 4.85. The van der Waals surface area contributed by atoms with Crippen LogP contribution in [0.2, 0.25) is 0 Å². The summed E-state index contributed by atoms with van der Waals surface area (Å²) in [7, 11) is 0. The van der Waals surface area contributed by atoms with Gasteiger partial charge in [-0.2, -0.15) is 0 Å². The van der Waals surface area contributed by atoms with Crippen molar-refractivity contribution in [3.05, 3.63) is 53.6 Å². The van der Waals surface area contributed by atoms with Crippen LogP contribution in [-0.2, 0) is 11.3 Å². The lowest BCUT2D eigenvalue weighted by Crippen LogP contribution is -2.54. The normalized spacial score (nSPS) is 20.6. The number of amides is 1. The number of ether oxygens (including phenoxy) is 2. The third-order valence-electron chi connectivity index (χ3n) is 7.16. The summed E-state index contributed by atoms with van der Waals surface area (Å²) < 4.78 is 12.7. The zero-order valence-corrected chi connectivity index (χ0v) is 19.6. The van der Waals surface area contributed by atoms with E-state index in [1.54, 1.807) is 13.8 Å². The van der Waals surface area contributed by atoms with Crippen LogP contribution in [0.25, 0.3) is 11.1 Å². The van der Waals surface area contributed by atoms with Gasteiger partial charge < -0.3 is 19.9 Å². The Labute approximate surface area is 195 Å². The molecule has 2 heterocycles. The van der Waals surface area contributed by atoms with Gasteiger partial charge in [0.25, 0.3) is 5.91 Å². The van der Waals surface area contributed by atoms with Crippen molar-refractivity contribution in [2.45, 2.75) is 70.0 Å². The summed E-state index contributed by atoms with van der Waals surface area (Å²) in [4.78, 5) is 14.9. The van der Waals surface area contributed by atoms with E-state index < -0.39 is 11.4 Å². The van der Waals surface area contributed by atoms with Gasteiger partial charge in [0, 0.05) is 49.6 Å². The Hall–Kier alpha value is -2.41. The van der Waals surface area contributed by atoms with Crippen LogP contribution in [0.15, 0.2) is 42.5 Å². The van der Waals surface area contributed by atoms with Gasteiger partial charge in [-0.3, -0.25) is 9.69 Å². The van der Waals surface area contributed by atoms with Crippen LogP contribution in [0, 0.1) is 0 Å². The summed E-state index contributed by atoms with van der Waals surface area (Å²) in [6.45, 7) is 6.20. The van der Waals surface area contributed by atoms with E-state index in [4.69, 9.17) is 9.47 Å². The Morgan fingerprint density at radius 3 is 2.45 bits per heavy atom. The molecular formula is C27H34N2O4. The van der Waals surface area contributed by atoms with Crippen LogP contribution in [0.3, 0.4) is 0 Å². The molecular weight excluding hydrogens is 416 g/mol. The number of aliphatic hydroxyl groups is 1. The second-order valence-corrected chi connectivity index (χ2v) is 10.3. The van der Waals surface area contributed by atoms with Crippen LogP contribution in [0.4, 0.5) is 0 Å². The van der Waals surface area contributed by atoms with Crippen LogP contribution < -0.4 is 10.1 Å². The van der Waals surface area contributed by atoms with Crippen molar-refractivity contribution in [3.63, 3.8) is 0 Å². The summed E-state index contributed by atoms with van der Waals surface area (Å²) in [5, 5.41) is 12.6. The zero-order valence-electron chi connectivity index (χ0n) is 19.6. The van der Waals surface area contributed by atoms with Gasteiger partial charge in [0.15, 0.2) is 0 Å². The van der Waals surface area contributed by atoms with E-state index in [-0.39, 0.29) is 12.5 Å². The molecule has 2 N–H and O–H groups in total. The summed E-state index contributed by atoms with van der Waals surface area (Å²) in [5.41, 5.74) is 2.80. The lowest BCUT2D eigenvalue weighted by atomic mass is 9.89. The van der Waals surface area contributed by atoms with E-state index in [0.717, 1.165) is 54.4 Å². The fraction of sp³-hybridized carbons (Fsp3) is 0.519.